The smallest absolute Gasteiger partial charge is 0.252 e. The molecule has 0 heterocycles. The molecule has 0 spiro atoms. The van der Waals surface area contributed by atoms with Crippen molar-refractivity contribution in [3.63, 3.8) is 0 Å². The van der Waals surface area contributed by atoms with E-state index in [9.17, 15) is 4.79 Å². The second-order valence-electron chi connectivity index (χ2n) is 3.33. The molecule has 1 atom stereocenters. The van der Waals surface area contributed by atoms with Crippen LogP contribution in [0.1, 0.15) is 34.1 Å². The Morgan fingerprint density at radius 2 is 1.95 bits per heavy atom. The highest BCUT2D eigenvalue weighted by atomic mass is 16.3. The lowest BCUT2D eigenvalue weighted by molar-refractivity contribution is -0.118. The van der Waals surface area contributed by atoms with Crippen molar-refractivity contribution < 1.29 is 9.90 Å². The molecular weight excluding hydrogens is 240 g/mol. The predicted molar refractivity (Wildman–Crippen MR) is 80.4 cm³/mol. The molecule has 0 fully saturated rings. The van der Waals surface area contributed by atoms with Gasteiger partial charge in [-0.1, -0.05) is 39.5 Å². The van der Waals surface area contributed by atoms with Crippen LogP contribution in [0.4, 0.5) is 0 Å². The van der Waals surface area contributed by atoms with Crippen molar-refractivity contribution in [2.45, 2.75) is 39.7 Å². The molecule has 0 rings (SSSR count). The van der Waals surface area contributed by atoms with Gasteiger partial charge in [0.05, 0.1) is 12.7 Å². The van der Waals surface area contributed by atoms with Crippen LogP contribution in [0.2, 0.25) is 0 Å². The van der Waals surface area contributed by atoms with E-state index in [4.69, 9.17) is 10.4 Å². The molecule has 0 bridgehead atoms. The zero-order valence-electron chi connectivity index (χ0n) is 12.5. The van der Waals surface area contributed by atoms with Gasteiger partial charge in [0, 0.05) is 5.57 Å². The molecule has 0 radical (unpaired) electrons. The molecule has 0 aliphatic rings. The van der Waals surface area contributed by atoms with Gasteiger partial charge in [-0.3, -0.25) is 4.79 Å². The molecule has 0 aromatic heterocycles. The standard InChI is InChI=1S/C11H16N2O2.C2H6.C2H4/c1-4-6-9(5-2)10(15)13-11(3,7-12)8-14;2*1-2/h5-6,14H,2,4,8H2,1,3H3,(H,13,15);1-2H3;1-2H2/b9-6+;;. The number of aliphatic hydroxyl groups is 1. The number of allylic oxidation sites excluding steroid dienone is 1. The quantitative estimate of drug-likeness (QED) is 0.456. The summed E-state index contributed by atoms with van der Waals surface area (Å²) < 4.78 is 0. The van der Waals surface area contributed by atoms with Crippen LogP contribution in [-0.2, 0) is 4.79 Å². The van der Waals surface area contributed by atoms with Gasteiger partial charge in [-0.05, 0) is 13.3 Å². The van der Waals surface area contributed by atoms with Crippen molar-refractivity contribution in [1.29, 1.82) is 5.26 Å². The minimum atomic E-state index is -1.24. The zero-order chi connectivity index (χ0) is 15.9. The third-order valence-corrected chi connectivity index (χ3v) is 1.86. The number of aliphatic hydroxyl groups excluding tert-OH is 1. The van der Waals surface area contributed by atoms with Gasteiger partial charge in [-0.2, -0.15) is 5.26 Å². The average Bonchev–Trinajstić information content (AvgIpc) is 2.48. The Bertz CT molecular complexity index is 330. The molecule has 0 saturated carbocycles. The van der Waals surface area contributed by atoms with Gasteiger partial charge >= 0.3 is 0 Å². The Morgan fingerprint density at radius 1 is 1.47 bits per heavy atom. The fraction of sp³-hybridized carbons (Fsp3) is 0.467. The van der Waals surface area contributed by atoms with Crippen LogP contribution >= 0.6 is 0 Å². The second kappa shape index (κ2) is 14.2. The number of nitriles is 1. The zero-order valence-corrected chi connectivity index (χ0v) is 12.5. The van der Waals surface area contributed by atoms with Gasteiger partial charge in [0.15, 0.2) is 0 Å². The van der Waals surface area contributed by atoms with Gasteiger partial charge in [-0.25, -0.2) is 0 Å². The summed E-state index contributed by atoms with van der Waals surface area (Å²) in [4.78, 5) is 11.6. The van der Waals surface area contributed by atoms with E-state index in [0.717, 1.165) is 0 Å². The highest BCUT2D eigenvalue weighted by molar-refractivity contribution is 5.96. The molecule has 4 heteroatoms. The van der Waals surface area contributed by atoms with Crippen molar-refractivity contribution in [2.24, 2.45) is 0 Å². The predicted octanol–water partition coefficient (Wildman–Crippen LogP) is 2.73. The Kier molecular flexibility index (Phi) is 16.7. The SMILES string of the molecule is C=C.C=C/C(=C\CC)C(=O)NC(C)(C#N)CO.CC. The molecule has 0 aromatic rings. The van der Waals surface area contributed by atoms with Crippen LogP contribution in [0.25, 0.3) is 0 Å². The maximum Gasteiger partial charge on any atom is 0.252 e. The average molecular weight is 266 g/mol. The first-order chi connectivity index (χ1) is 9.02. The lowest BCUT2D eigenvalue weighted by Gasteiger charge is -2.20. The maximum absolute atomic E-state index is 11.6. The van der Waals surface area contributed by atoms with Gasteiger partial charge in [0.25, 0.3) is 5.91 Å². The maximum atomic E-state index is 11.6. The minimum absolute atomic E-state index is 0.398. The van der Waals surface area contributed by atoms with Crippen LogP contribution in [0, 0.1) is 11.3 Å². The van der Waals surface area contributed by atoms with Crippen LogP contribution in [0.5, 0.6) is 0 Å². The summed E-state index contributed by atoms with van der Waals surface area (Å²) in [5.41, 5.74) is -0.833. The third kappa shape index (κ3) is 9.81. The van der Waals surface area contributed by atoms with Gasteiger partial charge in [-0.15, -0.1) is 13.2 Å². The molecule has 1 amide bonds. The molecule has 19 heavy (non-hydrogen) atoms. The van der Waals surface area contributed by atoms with Gasteiger partial charge < -0.3 is 10.4 Å². The number of carbonyl (C=O) groups is 1. The first-order valence-corrected chi connectivity index (χ1v) is 6.20. The van der Waals surface area contributed by atoms with Crippen LogP contribution < -0.4 is 5.32 Å². The van der Waals surface area contributed by atoms with E-state index in [1.165, 1.54) is 13.0 Å². The highest BCUT2D eigenvalue weighted by Crippen LogP contribution is 2.04. The molecule has 108 valence electrons. The largest absolute Gasteiger partial charge is 0.393 e. The van der Waals surface area contributed by atoms with Crippen LogP contribution in [0.15, 0.2) is 37.5 Å². The summed E-state index contributed by atoms with van der Waals surface area (Å²) in [6.45, 7) is 16.4. The van der Waals surface area contributed by atoms with Gasteiger partial charge in [0.2, 0.25) is 0 Å². The fourth-order valence-electron chi connectivity index (χ4n) is 0.914. The third-order valence-electron chi connectivity index (χ3n) is 1.86. The van der Waals surface area contributed by atoms with Crippen molar-refractivity contribution in [1.82, 2.24) is 5.32 Å². The Hall–Kier alpha value is -1.86. The summed E-state index contributed by atoms with van der Waals surface area (Å²) >= 11 is 0. The van der Waals surface area contributed by atoms with E-state index in [2.05, 4.69) is 25.1 Å². The summed E-state index contributed by atoms with van der Waals surface area (Å²) in [5, 5.41) is 20.1. The Morgan fingerprint density at radius 3 is 2.21 bits per heavy atom. The number of amides is 1. The van der Waals surface area contributed by atoms with E-state index < -0.39 is 18.1 Å². The summed E-state index contributed by atoms with van der Waals surface area (Å²) in [6, 6.07) is 1.84. The molecule has 4 nitrogen and oxygen atoms in total. The van der Waals surface area contributed by atoms with Crippen molar-refractivity contribution in [2.75, 3.05) is 6.61 Å². The first-order valence-electron chi connectivity index (χ1n) is 6.20. The van der Waals surface area contributed by atoms with Crippen molar-refractivity contribution in [3.8, 4) is 6.07 Å². The first kappa shape index (κ1) is 22.3. The Labute approximate surface area is 117 Å². The summed E-state index contributed by atoms with van der Waals surface area (Å²) in [5.74, 6) is -0.398. The molecule has 0 aliphatic heterocycles. The van der Waals surface area contributed by atoms with E-state index in [1.54, 1.807) is 6.08 Å². The topological polar surface area (TPSA) is 73.1 Å². The minimum Gasteiger partial charge on any atom is -0.393 e. The fourth-order valence-corrected chi connectivity index (χ4v) is 0.914. The second-order valence-corrected chi connectivity index (χ2v) is 3.33. The monoisotopic (exact) mass is 266 g/mol. The van der Waals surface area contributed by atoms with E-state index in [-0.39, 0.29) is 0 Å². The number of nitrogens with zero attached hydrogens (tertiary/aromatic N) is 1. The molecule has 2 N–H and O–H groups in total. The van der Waals surface area contributed by atoms with E-state index >= 15 is 0 Å². The highest BCUT2D eigenvalue weighted by Gasteiger charge is 2.25. The van der Waals surface area contributed by atoms with E-state index in [1.807, 2.05) is 26.8 Å². The van der Waals surface area contributed by atoms with Gasteiger partial charge in [0.1, 0.15) is 5.54 Å². The number of carbonyl (C=O) groups excluding carboxylic acids is 1. The number of hydrogen-bond acceptors (Lipinski definition) is 3. The molecule has 1 unspecified atom stereocenters. The molecule has 0 aliphatic carbocycles. The lowest BCUT2D eigenvalue weighted by atomic mass is 10.1. The summed E-state index contributed by atoms with van der Waals surface area (Å²) in [6.07, 6.45) is 3.84. The number of nitrogens with one attached hydrogen (secondary N) is 1. The molecule has 0 saturated heterocycles. The van der Waals surface area contributed by atoms with Crippen LogP contribution in [-0.4, -0.2) is 23.2 Å². The lowest BCUT2D eigenvalue weighted by Crippen LogP contribution is -2.48. The normalized spacial score (nSPS) is 12.3. The van der Waals surface area contributed by atoms with Crippen LogP contribution in [0.3, 0.4) is 0 Å². The van der Waals surface area contributed by atoms with E-state index in [0.29, 0.717) is 12.0 Å². The van der Waals surface area contributed by atoms with Crippen molar-refractivity contribution >= 4 is 5.91 Å². The summed E-state index contributed by atoms with van der Waals surface area (Å²) in [7, 11) is 0. The number of hydrogen-bond donors (Lipinski definition) is 2. The molecular formula is C15H26N2O2. The number of rotatable bonds is 5. The van der Waals surface area contributed by atoms with Crippen molar-refractivity contribution in [3.05, 3.63) is 37.5 Å². The Balaban J connectivity index is -0.000000579. The molecule has 0 aromatic carbocycles.